The lowest BCUT2D eigenvalue weighted by atomic mass is 9.71. The summed E-state index contributed by atoms with van der Waals surface area (Å²) in [4.78, 5) is 40.8. The minimum atomic E-state index is -1.09. The third-order valence-corrected chi connectivity index (χ3v) is 8.37. The molecule has 1 heterocycles. The van der Waals surface area contributed by atoms with E-state index in [0.29, 0.717) is 38.2 Å². The number of carbonyl (C=O) groups is 3. The topological polar surface area (TPSA) is 131 Å². The van der Waals surface area contributed by atoms with Crippen molar-refractivity contribution in [3.05, 3.63) is 83.4 Å². The van der Waals surface area contributed by atoms with E-state index in [0.717, 1.165) is 52.3 Å². The molecule has 0 saturated carbocycles. The number of carbonyl (C=O) groups excluding carboxylic acids is 3. The molecule has 2 unspecified atom stereocenters. The van der Waals surface area contributed by atoms with Crippen LogP contribution in [-0.2, 0) is 21.4 Å². The van der Waals surface area contributed by atoms with Crippen molar-refractivity contribution in [1.29, 1.82) is 0 Å². The molecule has 1 aliphatic heterocycles. The highest BCUT2D eigenvalue weighted by Crippen LogP contribution is 2.38. The zero-order valence-corrected chi connectivity index (χ0v) is 24.3. The summed E-state index contributed by atoms with van der Waals surface area (Å²) < 4.78 is 6.51. The van der Waals surface area contributed by atoms with E-state index in [-0.39, 0.29) is 0 Å². The number of primary amides is 2. The van der Waals surface area contributed by atoms with Crippen LogP contribution in [0.5, 0.6) is 0 Å². The van der Waals surface area contributed by atoms with Crippen molar-refractivity contribution < 1.29 is 19.1 Å². The van der Waals surface area contributed by atoms with E-state index in [9.17, 15) is 14.4 Å². The number of fused-ring (bicyclic) bond motifs is 1. The maximum absolute atomic E-state index is 13.3. The van der Waals surface area contributed by atoms with Gasteiger partial charge in [-0.05, 0) is 53.8 Å². The number of aryl methyl sites for hydroxylation is 1. The Bertz CT molecular complexity index is 1380. The summed E-state index contributed by atoms with van der Waals surface area (Å²) in [5, 5.41) is 4.94. The third-order valence-electron chi connectivity index (χ3n) is 7.96. The van der Waals surface area contributed by atoms with Crippen LogP contribution >= 0.6 is 12.8 Å². The zero-order valence-electron chi connectivity index (χ0n) is 23.4. The van der Waals surface area contributed by atoms with Gasteiger partial charge in [0.2, 0.25) is 11.8 Å². The number of hydrogen-bond acceptors (Lipinski definition) is 6. The SMILES string of the molecule is CC(CCc1ccccc1C(N)=O)(c1ccc2ccccc2c1)C(C(N)=O)N(S)C(=O)NCCCN1CCOCC1. The van der Waals surface area contributed by atoms with E-state index >= 15 is 0 Å². The van der Waals surface area contributed by atoms with E-state index < -0.39 is 29.3 Å². The highest BCUT2D eigenvalue weighted by molar-refractivity contribution is 7.78. The van der Waals surface area contributed by atoms with Gasteiger partial charge >= 0.3 is 6.03 Å². The largest absolute Gasteiger partial charge is 0.379 e. The van der Waals surface area contributed by atoms with Gasteiger partial charge < -0.3 is 21.5 Å². The molecule has 0 bridgehead atoms. The molecule has 0 spiro atoms. The molecule has 3 aromatic rings. The normalized spacial score (nSPS) is 16.0. The summed E-state index contributed by atoms with van der Waals surface area (Å²) in [6.07, 6.45) is 1.57. The van der Waals surface area contributed by atoms with Gasteiger partial charge in [0.15, 0.2) is 0 Å². The molecule has 0 radical (unpaired) electrons. The summed E-state index contributed by atoms with van der Waals surface area (Å²) in [5.74, 6) is -1.20. The van der Waals surface area contributed by atoms with Crippen LogP contribution < -0.4 is 16.8 Å². The molecule has 10 heteroatoms. The van der Waals surface area contributed by atoms with Crippen LogP contribution in [0.4, 0.5) is 4.79 Å². The molecule has 0 aliphatic carbocycles. The van der Waals surface area contributed by atoms with Gasteiger partial charge in [0.05, 0.1) is 13.2 Å². The molecule has 5 N–H and O–H groups in total. The minimum Gasteiger partial charge on any atom is -0.379 e. The lowest BCUT2D eigenvalue weighted by Gasteiger charge is -2.41. The molecule has 1 aliphatic rings. The molecule has 4 amide bonds. The first-order chi connectivity index (χ1) is 19.7. The molecule has 218 valence electrons. The van der Waals surface area contributed by atoms with Gasteiger partial charge in [-0.15, -0.1) is 0 Å². The molecular weight excluding hydrogens is 538 g/mol. The maximum Gasteiger partial charge on any atom is 0.327 e. The predicted molar refractivity (Wildman–Crippen MR) is 164 cm³/mol. The molecule has 41 heavy (non-hydrogen) atoms. The van der Waals surface area contributed by atoms with Crippen molar-refractivity contribution in [2.45, 2.75) is 37.6 Å². The van der Waals surface area contributed by atoms with Crippen LogP contribution in [-0.4, -0.2) is 72.5 Å². The first-order valence-corrected chi connectivity index (χ1v) is 14.3. The van der Waals surface area contributed by atoms with Crippen molar-refractivity contribution >= 4 is 41.4 Å². The standard InChI is InChI=1S/C31H39N5O4S/c1-31(14-13-23-8-4-5-10-26(23)28(32)37,25-12-11-22-7-2-3-9-24(22)21-25)27(29(33)38)36(41)30(39)34-15-6-16-35-17-19-40-20-18-35/h2-5,7-12,21,27,41H,6,13-20H2,1H3,(H2,32,37)(H2,33,38)(H,34,39). The van der Waals surface area contributed by atoms with E-state index in [1.165, 1.54) is 0 Å². The predicted octanol–water partition coefficient (Wildman–Crippen LogP) is 3.26. The van der Waals surface area contributed by atoms with Gasteiger partial charge in [0.25, 0.3) is 0 Å². The smallest absolute Gasteiger partial charge is 0.327 e. The average molecular weight is 578 g/mol. The number of morpholine rings is 1. The van der Waals surface area contributed by atoms with E-state index in [4.69, 9.17) is 16.2 Å². The van der Waals surface area contributed by atoms with Gasteiger partial charge in [-0.25, -0.2) is 4.79 Å². The fourth-order valence-corrected chi connectivity index (χ4v) is 6.02. The number of amides is 4. The van der Waals surface area contributed by atoms with Gasteiger partial charge in [-0.3, -0.25) is 18.8 Å². The maximum atomic E-state index is 13.3. The van der Waals surface area contributed by atoms with Crippen LogP contribution in [0.1, 0.15) is 41.3 Å². The lowest BCUT2D eigenvalue weighted by Crippen LogP contribution is -2.57. The summed E-state index contributed by atoms with van der Waals surface area (Å²) in [6, 6.07) is 19.5. The van der Waals surface area contributed by atoms with Crippen molar-refractivity contribution in [1.82, 2.24) is 14.5 Å². The molecule has 0 aromatic heterocycles. The Labute approximate surface area is 246 Å². The molecule has 9 nitrogen and oxygen atoms in total. The molecular formula is C31H39N5O4S. The number of rotatable bonds is 12. The van der Waals surface area contributed by atoms with Gasteiger partial charge in [-0.2, -0.15) is 0 Å². The van der Waals surface area contributed by atoms with Crippen molar-refractivity contribution in [3.8, 4) is 0 Å². The summed E-state index contributed by atoms with van der Waals surface area (Å²) in [7, 11) is 0. The average Bonchev–Trinajstić information content (AvgIpc) is 2.98. The minimum absolute atomic E-state index is 0.393. The Hall–Kier alpha value is -3.60. The molecule has 2 atom stereocenters. The molecule has 3 aromatic carbocycles. The van der Waals surface area contributed by atoms with Crippen LogP contribution in [0.2, 0.25) is 0 Å². The number of benzene rings is 3. The summed E-state index contributed by atoms with van der Waals surface area (Å²) in [5.41, 5.74) is 12.7. The molecule has 1 saturated heterocycles. The Balaban J connectivity index is 1.60. The molecule has 1 fully saturated rings. The van der Waals surface area contributed by atoms with Gasteiger partial charge in [0.1, 0.15) is 6.04 Å². The number of urea groups is 1. The Morgan fingerprint density at radius 3 is 2.41 bits per heavy atom. The number of hydrogen-bond donors (Lipinski definition) is 4. The third kappa shape index (κ3) is 7.38. The summed E-state index contributed by atoms with van der Waals surface area (Å²) in [6.45, 7) is 6.36. The number of nitrogens with one attached hydrogen (secondary N) is 1. The Kier molecular flexibility index (Phi) is 10.3. The Morgan fingerprint density at radius 1 is 1.02 bits per heavy atom. The monoisotopic (exact) mass is 577 g/mol. The highest BCUT2D eigenvalue weighted by atomic mass is 32.1. The van der Waals surface area contributed by atoms with Crippen LogP contribution in [0.25, 0.3) is 10.8 Å². The number of ether oxygens (including phenoxy) is 1. The number of thiol groups is 1. The van der Waals surface area contributed by atoms with Gasteiger partial charge in [-0.1, -0.05) is 80.4 Å². The second-order valence-electron chi connectivity index (χ2n) is 10.7. The Morgan fingerprint density at radius 2 is 1.71 bits per heavy atom. The van der Waals surface area contributed by atoms with Crippen molar-refractivity contribution in [2.24, 2.45) is 11.5 Å². The second kappa shape index (κ2) is 13.8. The van der Waals surface area contributed by atoms with Crippen LogP contribution in [0.15, 0.2) is 66.7 Å². The zero-order chi connectivity index (χ0) is 29.4. The van der Waals surface area contributed by atoms with Crippen molar-refractivity contribution in [3.63, 3.8) is 0 Å². The fourth-order valence-electron chi connectivity index (χ4n) is 5.58. The first kappa shape index (κ1) is 30.4. The summed E-state index contributed by atoms with van der Waals surface area (Å²) >= 11 is 4.53. The van der Waals surface area contributed by atoms with Crippen LogP contribution in [0, 0.1) is 0 Å². The molecule has 4 rings (SSSR count). The highest BCUT2D eigenvalue weighted by Gasteiger charge is 2.44. The quantitative estimate of drug-likeness (QED) is 0.194. The van der Waals surface area contributed by atoms with Gasteiger partial charge in [0, 0.05) is 30.6 Å². The number of nitrogens with zero attached hydrogens (tertiary/aromatic N) is 2. The van der Waals surface area contributed by atoms with E-state index in [1.807, 2.05) is 61.5 Å². The van der Waals surface area contributed by atoms with Crippen molar-refractivity contribution in [2.75, 3.05) is 39.4 Å². The van der Waals surface area contributed by atoms with E-state index in [2.05, 4.69) is 23.0 Å². The van der Waals surface area contributed by atoms with E-state index in [1.54, 1.807) is 12.1 Å². The first-order valence-electron chi connectivity index (χ1n) is 13.9. The van der Waals surface area contributed by atoms with Crippen LogP contribution in [0.3, 0.4) is 0 Å². The fraction of sp³-hybridized carbons (Fsp3) is 0.387. The number of nitrogens with two attached hydrogens (primary N) is 2. The second-order valence-corrected chi connectivity index (χ2v) is 11.1. The lowest BCUT2D eigenvalue weighted by molar-refractivity contribution is -0.123.